The predicted molar refractivity (Wildman–Crippen MR) is 120 cm³/mol. The molecule has 0 aliphatic carbocycles. The lowest BCUT2D eigenvalue weighted by Crippen LogP contribution is -1.93. The summed E-state index contributed by atoms with van der Waals surface area (Å²) in [5.41, 5.74) is 3.98. The molecule has 154 valence electrons. The van der Waals surface area contributed by atoms with Crippen molar-refractivity contribution in [2.24, 2.45) is 0 Å². The number of ether oxygens (including phenoxy) is 1. The second-order valence-electron chi connectivity index (χ2n) is 6.27. The maximum Gasteiger partial charge on any atom is 0.330 e. The second kappa shape index (κ2) is 15.6. The lowest BCUT2D eigenvalue weighted by atomic mass is 10.2. The number of rotatable bonds is 10. The Morgan fingerprint density at radius 3 is 1.38 bits per heavy atom. The molecular weight excluding hydrogens is 364 g/mol. The molecule has 29 heavy (non-hydrogen) atoms. The SMILES string of the molecule is COC(=O)/C=C/C(C)=C\C=C\C(C)=C\C=C\C=C(C)\C=C\C=C(C)\C=C\C(=O)O. The highest BCUT2D eigenvalue weighted by atomic mass is 16.5. The summed E-state index contributed by atoms with van der Waals surface area (Å²) >= 11 is 0. The minimum atomic E-state index is -0.956. The van der Waals surface area contributed by atoms with Crippen molar-refractivity contribution in [1.82, 2.24) is 0 Å². The number of methoxy groups -OCH3 is 1. The third kappa shape index (κ3) is 16.5. The Morgan fingerprint density at radius 2 is 0.966 bits per heavy atom. The van der Waals surface area contributed by atoms with Crippen molar-refractivity contribution in [3.05, 3.63) is 107 Å². The summed E-state index contributed by atoms with van der Waals surface area (Å²) in [6, 6.07) is 0. The zero-order chi connectivity index (χ0) is 22.1. The van der Waals surface area contributed by atoms with Crippen LogP contribution in [-0.2, 0) is 14.3 Å². The lowest BCUT2D eigenvalue weighted by molar-refractivity contribution is -0.135. The summed E-state index contributed by atoms with van der Waals surface area (Å²) in [4.78, 5) is 21.5. The van der Waals surface area contributed by atoms with Gasteiger partial charge in [0.2, 0.25) is 0 Å². The molecule has 0 atom stereocenters. The van der Waals surface area contributed by atoms with E-state index in [9.17, 15) is 9.59 Å². The summed E-state index contributed by atoms with van der Waals surface area (Å²) < 4.78 is 4.54. The van der Waals surface area contributed by atoms with E-state index in [4.69, 9.17) is 5.11 Å². The van der Waals surface area contributed by atoms with Crippen LogP contribution in [0.25, 0.3) is 0 Å². The molecule has 0 heterocycles. The average Bonchev–Trinajstić information content (AvgIpc) is 2.67. The van der Waals surface area contributed by atoms with Crippen molar-refractivity contribution >= 4 is 11.9 Å². The van der Waals surface area contributed by atoms with Gasteiger partial charge < -0.3 is 9.84 Å². The van der Waals surface area contributed by atoms with E-state index in [2.05, 4.69) is 4.74 Å². The molecule has 0 saturated heterocycles. The topological polar surface area (TPSA) is 63.6 Å². The van der Waals surface area contributed by atoms with E-state index in [1.807, 2.05) is 88.5 Å². The Hall–Kier alpha value is -3.40. The minimum Gasteiger partial charge on any atom is -0.478 e. The van der Waals surface area contributed by atoms with Gasteiger partial charge in [0, 0.05) is 12.2 Å². The minimum absolute atomic E-state index is 0.373. The van der Waals surface area contributed by atoms with Crippen molar-refractivity contribution in [3.8, 4) is 0 Å². The molecule has 0 bridgehead atoms. The Bertz CT molecular complexity index is 823. The van der Waals surface area contributed by atoms with Gasteiger partial charge in [0.05, 0.1) is 7.11 Å². The van der Waals surface area contributed by atoms with Crippen LogP contribution in [0.15, 0.2) is 107 Å². The first-order valence-corrected chi connectivity index (χ1v) is 9.13. The number of allylic oxidation sites excluding steroid dienone is 16. The quantitative estimate of drug-likeness (QED) is 0.288. The van der Waals surface area contributed by atoms with Gasteiger partial charge in [-0.15, -0.1) is 0 Å². The van der Waals surface area contributed by atoms with Crippen LogP contribution in [0.5, 0.6) is 0 Å². The molecule has 0 amide bonds. The lowest BCUT2D eigenvalue weighted by Gasteiger charge is -1.91. The number of esters is 1. The van der Waals surface area contributed by atoms with E-state index in [0.717, 1.165) is 28.4 Å². The third-order valence-electron chi connectivity index (χ3n) is 3.44. The van der Waals surface area contributed by atoms with E-state index in [0.29, 0.717) is 0 Å². The number of carboxylic acids is 1. The largest absolute Gasteiger partial charge is 0.478 e. The molecule has 0 fully saturated rings. The maximum atomic E-state index is 11.0. The van der Waals surface area contributed by atoms with Crippen LogP contribution in [0.4, 0.5) is 0 Å². The van der Waals surface area contributed by atoms with Crippen LogP contribution in [0.2, 0.25) is 0 Å². The van der Waals surface area contributed by atoms with Crippen molar-refractivity contribution in [3.63, 3.8) is 0 Å². The standard InChI is InChI=1S/C25H30O4/c1-20(12-8-14-22(3)16-18-24(26)27)10-6-7-11-21(2)13-9-15-23(4)17-19-25(28)29-5/h6-19H,1-5H3,(H,26,27)/b7-6+,12-8+,13-9+,18-16+,19-17+,20-10+,21-11+,22-14+,23-15-. The van der Waals surface area contributed by atoms with Crippen LogP contribution in [-0.4, -0.2) is 24.2 Å². The highest BCUT2D eigenvalue weighted by Crippen LogP contribution is 2.02. The summed E-state index contributed by atoms with van der Waals surface area (Å²) in [7, 11) is 1.35. The number of carbonyl (C=O) groups is 2. The van der Waals surface area contributed by atoms with Gasteiger partial charge in [-0.25, -0.2) is 9.59 Å². The molecular formula is C25H30O4. The van der Waals surface area contributed by atoms with Crippen LogP contribution in [0, 0.1) is 0 Å². The summed E-state index contributed by atoms with van der Waals surface area (Å²) in [6.45, 7) is 7.74. The van der Waals surface area contributed by atoms with Gasteiger partial charge in [-0.2, -0.15) is 0 Å². The third-order valence-corrected chi connectivity index (χ3v) is 3.44. The molecule has 0 aromatic rings. The number of hydrogen-bond acceptors (Lipinski definition) is 3. The smallest absolute Gasteiger partial charge is 0.330 e. The van der Waals surface area contributed by atoms with Crippen LogP contribution < -0.4 is 0 Å². The maximum absolute atomic E-state index is 11.0. The van der Waals surface area contributed by atoms with Gasteiger partial charge in [-0.05, 0) is 27.7 Å². The van der Waals surface area contributed by atoms with Crippen LogP contribution in [0.3, 0.4) is 0 Å². The van der Waals surface area contributed by atoms with E-state index >= 15 is 0 Å². The zero-order valence-corrected chi connectivity index (χ0v) is 17.8. The van der Waals surface area contributed by atoms with Gasteiger partial charge >= 0.3 is 11.9 Å². The highest BCUT2D eigenvalue weighted by molar-refractivity contribution is 5.82. The van der Waals surface area contributed by atoms with E-state index in [1.54, 1.807) is 12.2 Å². The molecule has 0 rings (SSSR count). The molecule has 0 saturated carbocycles. The second-order valence-corrected chi connectivity index (χ2v) is 6.27. The van der Waals surface area contributed by atoms with Crippen molar-refractivity contribution in [2.45, 2.75) is 27.7 Å². The van der Waals surface area contributed by atoms with Gasteiger partial charge in [0.1, 0.15) is 0 Å². The molecule has 4 nitrogen and oxygen atoms in total. The summed E-state index contributed by atoms with van der Waals surface area (Å²) in [5.74, 6) is -1.33. The van der Waals surface area contributed by atoms with Crippen molar-refractivity contribution in [2.75, 3.05) is 7.11 Å². The van der Waals surface area contributed by atoms with Crippen molar-refractivity contribution < 1.29 is 19.4 Å². The predicted octanol–water partition coefficient (Wildman–Crippen LogP) is 5.81. The summed E-state index contributed by atoms with van der Waals surface area (Å²) in [6.07, 6.45) is 25.2. The van der Waals surface area contributed by atoms with Gasteiger partial charge in [-0.1, -0.05) is 95.2 Å². The monoisotopic (exact) mass is 394 g/mol. The fourth-order valence-electron chi connectivity index (χ4n) is 1.81. The molecule has 0 aliphatic heterocycles. The fourth-order valence-corrected chi connectivity index (χ4v) is 1.81. The number of hydrogen-bond donors (Lipinski definition) is 1. The van der Waals surface area contributed by atoms with Crippen LogP contribution in [0.1, 0.15) is 27.7 Å². The van der Waals surface area contributed by atoms with Crippen molar-refractivity contribution in [1.29, 1.82) is 0 Å². The molecule has 0 aliphatic rings. The first-order valence-electron chi connectivity index (χ1n) is 9.13. The molecule has 0 unspecified atom stereocenters. The zero-order valence-electron chi connectivity index (χ0n) is 17.8. The normalized spacial score (nSPS) is 14.9. The number of carboxylic acid groups (broad SMARTS) is 1. The number of carbonyl (C=O) groups excluding carboxylic acids is 1. The number of aliphatic carboxylic acids is 1. The Morgan fingerprint density at radius 1 is 0.586 bits per heavy atom. The Kier molecular flexibility index (Phi) is 13.8. The van der Waals surface area contributed by atoms with Gasteiger partial charge in [-0.3, -0.25) is 0 Å². The molecule has 4 heteroatoms. The highest BCUT2D eigenvalue weighted by Gasteiger charge is 1.89. The summed E-state index contributed by atoms with van der Waals surface area (Å²) in [5, 5.41) is 8.58. The van der Waals surface area contributed by atoms with Crippen LogP contribution >= 0.6 is 0 Å². The van der Waals surface area contributed by atoms with E-state index < -0.39 is 5.97 Å². The molecule has 0 aromatic heterocycles. The molecule has 0 spiro atoms. The Labute approximate surface area is 174 Å². The van der Waals surface area contributed by atoms with E-state index in [1.165, 1.54) is 13.2 Å². The first-order chi connectivity index (χ1) is 13.7. The molecule has 0 radical (unpaired) electrons. The first kappa shape index (κ1) is 25.6. The van der Waals surface area contributed by atoms with Gasteiger partial charge in [0.25, 0.3) is 0 Å². The Balaban J connectivity index is 4.67. The molecule has 0 aromatic carbocycles. The average molecular weight is 395 g/mol. The van der Waals surface area contributed by atoms with E-state index in [-0.39, 0.29) is 5.97 Å². The van der Waals surface area contributed by atoms with Gasteiger partial charge in [0.15, 0.2) is 0 Å². The molecule has 1 N–H and O–H groups in total. The fraction of sp³-hybridized carbons (Fsp3) is 0.200.